The van der Waals surface area contributed by atoms with Gasteiger partial charge in [0.2, 0.25) is 0 Å². The largest absolute Gasteiger partial charge is 0.466 e. The van der Waals surface area contributed by atoms with Crippen molar-refractivity contribution in [1.29, 1.82) is 0 Å². The molecule has 0 N–H and O–H groups in total. The Morgan fingerprint density at radius 2 is 1.59 bits per heavy atom. The summed E-state index contributed by atoms with van der Waals surface area (Å²) in [5.74, 6) is -0.814. The zero-order valence-corrected chi connectivity index (χ0v) is 14.4. The van der Waals surface area contributed by atoms with Crippen molar-refractivity contribution in [2.24, 2.45) is 11.8 Å². The van der Waals surface area contributed by atoms with Crippen LogP contribution in [-0.2, 0) is 19.1 Å². The maximum atomic E-state index is 12.5. The van der Waals surface area contributed by atoms with E-state index in [2.05, 4.69) is 13.8 Å². The van der Waals surface area contributed by atoms with E-state index in [9.17, 15) is 9.59 Å². The average molecular weight is 310 g/mol. The first-order valence-corrected chi connectivity index (χ1v) is 8.56. The van der Waals surface area contributed by atoms with Gasteiger partial charge in [-0.1, -0.05) is 25.8 Å². The fraction of sp³-hybridized carbons (Fsp3) is 0.778. The Morgan fingerprint density at radius 1 is 1.00 bits per heavy atom. The normalized spacial score (nSPS) is 16.3. The highest BCUT2D eigenvalue weighted by Gasteiger charge is 2.33. The Kier molecular flexibility index (Phi) is 8.21. The summed E-state index contributed by atoms with van der Waals surface area (Å²) >= 11 is 0. The highest BCUT2D eigenvalue weighted by Crippen LogP contribution is 2.33. The third-order valence-electron chi connectivity index (χ3n) is 3.96. The monoisotopic (exact) mass is 310 g/mol. The van der Waals surface area contributed by atoms with Crippen LogP contribution in [0.4, 0.5) is 0 Å². The van der Waals surface area contributed by atoms with Crippen LogP contribution in [0.2, 0.25) is 0 Å². The zero-order valence-electron chi connectivity index (χ0n) is 14.4. The minimum atomic E-state index is -0.493. The van der Waals surface area contributed by atoms with Crippen molar-refractivity contribution in [1.82, 2.24) is 0 Å². The molecule has 0 aromatic carbocycles. The van der Waals surface area contributed by atoms with Gasteiger partial charge in [-0.2, -0.15) is 0 Å². The fourth-order valence-electron chi connectivity index (χ4n) is 3.04. The van der Waals surface area contributed by atoms with Crippen molar-refractivity contribution < 1.29 is 19.1 Å². The van der Waals surface area contributed by atoms with Crippen molar-refractivity contribution in [3.8, 4) is 0 Å². The smallest absolute Gasteiger partial charge is 0.334 e. The third kappa shape index (κ3) is 5.47. The van der Waals surface area contributed by atoms with E-state index in [1.807, 2.05) is 0 Å². The predicted octanol–water partition coefficient (Wildman–Crippen LogP) is 4.04. The van der Waals surface area contributed by atoms with E-state index >= 15 is 0 Å². The molecule has 0 radical (unpaired) electrons. The Bertz CT molecular complexity index is 401. The molecule has 0 aliphatic heterocycles. The number of hydrogen-bond acceptors (Lipinski definition) is 4. The molecule has 1 aliphatic rings. The van der Waals surface area contributed by atoms with E-state index in [-0.39, 0.29) is 11.9 Å². The molecule has 0 aromatic rings. The number of allylic oxidation sites excluding steroid dienone is 1. The Hall–Kier alpha value is -1.32. The lowest BCUT2D eigenvalue weighted by molar-refractivity contribution is -0.150. The zero-order chi connectivity index (χ0) is 16.5. The number of esters is 2. The predicted molar refractivity (Wildman–Crippen MR) is 86.3 cm³/mol. The van der Waals surface area contributed by atoms with Crippen LogP contribution in [0.1, 0.15) is 66.2 Å². The van der Waals surface area contributed by atoms with Crippen LogP contribution in [-0.4, -0.2) is 25.2 Å². The molecule has 22 heavy (non-hydrogen) atoms. The van der Waals surface area contributed by atoms with E-state index in [1.54, 1.807) is 13.8 Å². The molecule has 126 valence electrons. The maximum Gasteiger partial charge on any atom is 0.334 e. The van der Waals surface area contributed by atoms with Crippen LogP contribution in [0.5, 0.6) is 0 Å². The molecular formula is C18H30O4. The Labute approximate surface area is 134 Å². The number of hydrogen-bond donors (Lipinski definition) is 0. The van der Waals surface area contributed by atoms with Crippen LogP contribution in [0.3, 0.4) is 0 Å². The quantitative estimate of drug-likeness (QED) is 0.526. The van der Waals surface area contributed by atoms with Crippen molar-refractivity contribution in [2.45, 2.75) is 66.2 Å². The van der Waals surface area contributed by atoms with Crippen molar-refractivity contribution >= 4 is 11.9 Å². The molecule has 4 heteroatoms. The summed E-state index contributed by atoms with van der Waals surface area (Å²) in [6, 6.07) is 0. The van der Waals surface area contributed by atoms with Gasteiger partial charge in [0.25, 0.3) is 0 Å². The van der Waals surface area contributed by atoms with Crippen LogP contribution < -0.4 is 0 Å². The summed E-state index contributed by atoms with van der Waals surface area (Å²) in [6.45, 7) is 8.36. The number of carbonyl (C=O) groups excluding carboxylic acids is 2. The lowest BCUT2D eigenvalue weighted by Crippen LogP contribution is -2.28. The molecule has 1 aliphatic carbocycles. The van der Waals surface area contributed by atoms with Gasteiger partial charge in [0.1, 0.15) is 0 Å². The SMILES string of the molecule is CCOC(=O)C(=C1CCCCC1)C(CC(C)C)C(=O)OCC. The number of rotatable bonds is 7. The van der Waals surface area contributed by atoms with Gasteiger partial charge < -0.3 is 9.47 Å². The first-order chi connectivity index (χ1) is 10.5. The van der Waals surface area contributed by atoms with Crippen LogP contribution >= 0.6 is 0 Å². The van der Waals surface area contributed by atoms with Crippen LogP contribution in [0, 0.1) is 11.8 Å². The van der Waals surface area contributed by atoms with E-state index in [4.69, 9.17) is 9.47 Å². The fourth-order valence-corrected chi connectivity index (χ4v) is 3.04. The molecule has 1 saturated carbocycles. The Balaban J connectivity index is 3.17. The van der Waals surface area contributed by atoms with Gasteiger partial charge in [-0.3, -0.25) is 4.79 Å². The van der Waals surface area contributed by atoms with Crippen LogP contribution in [0.15, 0.2) is 11.1 Å². The molecular weight excluding hydrogens is 280 g/mol. The summed E-state index contributed by atoms with van der Waals surface area (Å²) < 4.78 is 10.5. The van der Waals surface area contributed by atoms with Gasteiger partial charge in [-0.15, -0.1) is 0 Å². The minimum Gasteiger partial charge on any atom is -0.466 e. The second kappa shape index (κ2) is 9.65. The summed E-state index contributed by atoms with van der Waals surface area (Å²) in [7, 11) is 0. The first-order valence-electron chi connectivity index (χ1n) is 8.56. The van der Waals surface area contributed by atoms with Gasteiger partial charge in [-0.05, 0) is 51.9 Å². The molecule has 0 aromatic heterocycles. The summed E-state index contributed by atoms with van der Waals surface area (Å²) in [5, 5.41) is 0. The van der Waals surface area contributed by atoms with Gasteiger partial charge in [0.05, 0.1) is 24.7 Å². The van der Waals surface area contributed by atoms with Gasteiger partial charge in [-0.25, -0.2) is 4.79 Å². The van der Waals surface area contributed by atoms with E-state index in [0.29, 0.717) is 31.1 Å². The van der Waals surface area contributed by atoms with E-state index < -0.39 is 5.92 Å². The molecule has 0 saturated heterocycles. The standard InChI is InChI=1S/C18H30O4/c1-5-21-17(19)15(12-13(3)4)16(18(20)22-6-2)14-10-8-7-9-11-14/h13,15H,5-12H2,1-4H3. The van der Waals surface area contributed by atoms with Gasteiger partial charge in [0.15, 0.2) is 0 Å². The second-order valence-corrected chi connectivity index (χ2v) is 6.23. The minimum absolute atomic E-state index is 0.294. The summed E-state index contributed by atoms with van der Waals surface area (Å²) in [5.41, 5.74) is 1.68. The molecule has 1 unspecified atom stereocenters. The van der Waals surface area contributed by atoms with Crippen molar-refractivity contribution in [3.05, 3.63) is 11.1 Å². The second-order valence-electron chi connectivity index (χ2n) is 6.23. The van der Waals surface area contributed by atoms with E-state index in [1.165, 1.54) is 6.42 Å². The molecule has 4 nitrogen and oxygen atoms in total. The lowest BCUT2D eigenvalue weighted by Gasteiger charge is -2.25. The number of carbonyl (C=O) groups is 2. The molecule has 1 atom stereocenters. The topological polar surface area (TPSA) is 52.6 Å². The average Bonchev–Trinajstić information content (AvgIpc) is 2.48. The highest BCUT2D eigenvalue weighted by molar-refractivity contribution is 5.96. The van der Waals surface area contributed by atoms with Crippen molar-refractivity contribution in [3.63, 3.8) is 0 Å². The molecule has 0 bridgehead atoms. The lowest BCUT2D eigenvalue weighted by atomic mass is 9.82. The van der Waals surface area contributed by atoms with Gasteiger partial charge in [0, 0.05) is 0 Å². The molecule has 0 amide bonds. The molecule has 0 heterocycles. The van der Waals surface area contributed by atoms with Gasteiger partial charge >= 0.3 is 11.9 Å². The molecule has 1 fully saturated rings. The van der Waals surface area contributed by atoms with Crippen molar-refractivity contribution in [2.75, 3.05) is 13.2 Å². The first kappa shape index (κ1) is 18.7. The Morgan fingerprint density at radius 3 is 2.09 bits per heavy atom. The summed E-state index contributed by atoms with van der Waals surface area (Å²) in [6.07, 6.45) is 5.75. The summed E-state index contributed by atoms with van der Waals surface area (Å²) in [4.78, 5) is 24.9. The number of ether oxygens (including phenoxy) is 2. The highest BCUT2D eigenvalue weighted by atomic mass is 16.5. The third-order valence-corrected chi connectivity index (χ3v) is 3.96. The molecule has 0 spiro atoms. The van der Waals surface area contributed by atoms with Crippen LogP contribution in [0.25, 0.3) is 0 Å². The molecule has 1 rings (SSSR count). The maximum absolute atomic E-state index is 12.5. The van der Waals surface area contributed by atoms with E-state index in [0.717, 1.165) is 31.3 Å².